The number of halogens is 1. The zero-order chi connectivity index (χ0) is 21.0. The van der Waals surface area contributed by atoms with Gasteiger partial charge in [0.05, 0.1) is 12.2 Å². The molecule has 2 heterocycles. The second kappa shape index (κ2) is 8.76. The average Bonchev–Trinajstić information content (AvgIpc) is 2.66. The van der Waals surface area contributed by atoms with E-state index in [1.807, 2.05) is 18.7 Å². The molecule has 9 heteroatoms. The molecule has 0 bridgehead atoms. The fourth-order valence-electron chi connectivity index (χ4n) is 3.43. The van der Waals surface area contributed by atoms with Crippen LogP contribution in [0.15, 0.2) is 35.3 Å². The molecule has 154 valence electrons. The zero-order valence-electron chi connectivity index (χ0n) is 16.6. The number of amides is 1. The first-order valence-corrected chi connectivity index (χ1v) is 9.33. The van der Waals surface area contributed by atoms with Crippen LogP contribution in [0.2, 0.25) is 0 Å². The van der Waals surface area contributed by atoms with Crippen LogP contribution in [0.5, 0.6) is 0 Å². The minimum Gasteiger partial charge on any atom is -0.376 e. The lowest BCUT2D eigenvalue weighted by molar-refractivity contribution is 0.207. The van der Waals surface area contributed by atoms with E-state index >= 15 is 0 Å². The fraction of sp³-hybridized carbons (Fsp3) is 0.350. The van der Waals surface area contributed by atoms with Gasteiger partial charge in [0.2, 0.25) is 0 Å². The predicted molar refractivity (Wildman–Crippen MR) is 111 cm³/mol. The Bertz CT molecular complexity index is 905. The fourth-order valence-corrected chi connectivity index (χ4v) is 3.43. The maximum absolute atomic E-state index is 15.0. The van der Waals surface area contributed by atoms with E-state index in [4.69, 9.17) is 11.5 Å². The highest BCUT2D eigenvalue weighted by Gasteiger charge is 2.21. The number of carbonyl (C=O) groups is 1. The molecule has 1 saturated heterocycles. The number of pyridine rings is 1. The molecule has 0 unspecified atom stereocenters. The van der Waals surface area contributed by atoms with E-state index in [2.05, 4.69) is 31.7 Å². The molecular formula is C20H25FN6O2. The summed E-state index contributed by atoms with van der Waals surface area (Å²) in [6.07, 6.45) is -1.06. The molecule has 29 heavy (non-hydrogen) atoms. The Morgan fingerprint density at radius 3 is 2.38 bits per heavy atom. The van der Waals surface area contributed by atoms with Crippen molar-refractivity contribution in [1.29, 1.82) is 0 Å². The molecule has 8 nitrogen and oxygen atoms in total. The van der Waals surface area contributed by atoms with Crippen LogP contribution >= 0.6 is 0 Å². The third-order valence-electron chi connectivity index (χ3n) is 4.72. The summed E-state index contributed by atoms with van der Waals surface area (Å²) in [7, 11) is 0. The van der Waals surface area contributed by atoms with E-state index in [1.54, 1.807) is 18.2 Å². The molecule has 1 fully saturated rings. The van der Waals surface area contributed by atoms with Crippen molar-refractivity contribution in [2.24, 2.45) is 16.5 Å². The van der Waals surface area contributed by atoms with Crippen molar-refractivity contribution in [1.82, 2.24) is 4.98 Å². The van der Waals surface area contributed by atoms with Crippen molar-refractivity contribution in [3.05, 3.63) is 53.1 Å². The van der Waals surface area contributed by atoms with Gasteiger partial charge >= 0.3 is 6.09 Å². The lowest BCUT2D eigenvalue weighted by Crippen LogP contribution is -2.47. The van der Waals surface area contributed by atoms with Crippen molar-refractivity contribution in [3.8, 4) is 0 Å². The van der Waals surface area contributed by atoms with Gasteiger partial charge in [-0.25, -0.2) is 14.2 Å². The number of anilines is 2. The Kier molecular flexibility index (Phi) is 6.16. The quantitative estimate of drug-likeness (QED) is 0.601. The molecule has 3 rings (SSSR count). The number of ether oxygens (including phenoxy) is 1. The summed E-state index contributed by atoms with van der Waals surface area (Å²) < 4.78 is 19.4. The average molecular weight is 400 g/mol. The molecule has 0 atom stereocenters. The lowest BCUT2D eigenvalue weighted by atomic mass is 10.1. The van der Waals surface area contributed by atoms with Crippen molar-refractivity contribution >= 4 is 23.5 Å². The SMILES string of the molecule is Cc1cc(N2CCN(c3cccc(CN=C(N)OC(N)=O)c3F)CC2)cc(C)n1. The maximum Gasteiger partial charge on any atom is 0.412 e. The van der Waals surface area contributed by atoms with Crippen LogP contribution in [0.3, 0.4) is 0 Å². The summed E-state index contributed by atoms with van der Waals surface area (Å²) in [6.45, 7) is 6.87. The Hall–Kier alpha value is -3.36. The molecule has 0 aliphatic carbocycles. The molecule has 1 amide bonds. The van der Waals surface area contributed by atoms with Crippen LogP contribution < -0.4 is 21.3 Å². The maximum atomic E-state index is 15.0. The van der Waals surface area contributed by atoms with E-state index < -0.39 is 6.09 Å². The van der Waals surface area contributed by atoms with Crippen molar-refractivity contribution in [2.75, 3.05) is 36.0 Å². The number of piperazine rings is 1. The second-order valence-electron chi connectivity index (χ2n) is 6.91. The van der Waals surface area contributed by atoms with Crippen LogP contribution in [-0.2, 0) is 11.3 Å². The van der Waals surface area contributed by atoms with Gasteiger partial charge < -0.3 is 26.0 Å². The summed E-state index contributed by atoms with van der Waals surface area (Å²) >= 11 is 0. The third-order valence-corrected chi connectivity index (χ3v) is 4.72. The Morgan fingerprint density at radius 2 is 1.76 bits per heavy atom. The number of nitrogens with zero attached hydrogens (tertiary/aromatic N) is 4. The van der Waals surface area contributed by atoms with Crippen LogP contribution in [0.4, 0.5) is 20.6 Å². The lowest BCUT2D eigenvalue weighted by Gasteiger charge is -2.37. The van der Waals surface area contributed by atoms with Gasteiger partial charge in [0.1, 0.15) is 0 Å². The minimum absolute atomic E-state index is 0.0473. The summed E-state index contributed by atoms with van der Waals surface area (Å²) in [5.74, 6) is -0.354. The van der Waals surface area contributed by atoms with Crippen LogP contribution in [0.1, 0.15) is 17.0 Å². The number of aliphatic imine (C=N–C) groups is 1. The van der Waals surface area contributed by atoms with Crippen LogP contribution in [0, 0.1) is 19.7 Å². The molecule has 1 aliphatic rings. The number of aromatic nitrogens is 1. The number of primary amides is 1. The van der Waals surface area contributed by atoms with Gasteiger partial charge in [-0.05, 0) is 32.0 Å². The summed E-state index contributed by atoms with van der Waals surface area (Å²) in [5.41, 5.74) is 14.3. The molecule has 1 aromatic heterocycles. The monoisotopic (exact) mass is 400 g/mol. The molecular weight excluding hydrogens is 375 g/mol. The van der Waals surface area contributed by atoms with Gasteiger partial charge in [-0.3, -0.25) is 4.98 Å². The summed E-state index contributed by atoms with van der Waals surface area (Å²) in [6, 6.07) is 8.90. The number of hydrogen-bond acceptors (Lipinski definition) is 6. The van der Waals surface area contributed by atoms with E-state index in [9.17, 15) is 9.18 Å². The largest absolute Gasteiger partial charge is 0.412 e. The standard InChI is InChI=1S/C20H25FN6O2/c1-13-10-16(11-14(2)25-13)26-6-8-27(9-7-26)17-5-3-4-15(18(17)21)12-24-19(22)29-20(23)28/h3-5,10-11H,6-9,12H2,1-2H3,(H2,22,24)(H2,23,28). The number of rotatable bonds is 4. The zero-order valence-corrected chi connectivity index (χ0v) is 16.6. The van der Waals surface area contributed by atoms with Crippen LogP contribution in [-0.4, -0.2) is 43.3 Å². The normalized spacial score (nSPS) is 14.8. The number of hydrogen-bond donors (Lipinski definition) is 2. The molecule has 0 spiro atoms. The topological polar surface area (TPSA) is 110 Å². The van der Waals surface area contributed by atoms with Crippen molar-refractivity contribution < 1.29 is 13.9 Å². The number of benzene rings is 1. The third kappa shape index (κ3) is 5.13. The summed E-state index contributed by atoms with van der Waals surface area (Å²) in [5, 5.41) is 0. The number of nitrogens with two attached hydrogens (primary N) is 2. The minimum atomic E-state index is -1.06. The first kappa shape index (κ1) is 20.4. The van der Waals surface area contributed by atoms with Gasteiger partial charge in [0, 0.05) is 48.8 Å². The van der Waals surface area contributed by atoms with E-state index in [0.29, 0.717) is 24.3 Å². The highest BCUT2D eigenvalue weighted by atomic mass is 19.1. The second-order valence-corrected chi connectivity index (χ2v) is 6.91. The van der Waals surface area contributed by atoms with E-state index in [1.165, 1.54) is 0 Å². The first-order valence-electron chi connectivity index (χ1n) is 9.33. The Labute approximate surface area is 169 Å². The van der Waals surface area contributed by atoms with Gasteiger partial charge in [0.25, 0.3) is 6.02 Å². The number of amidine groups is 1. The number of aryl methyl sites for hydroxylation is 2. The molecule has 1 aromatic carbocycles. The molecule has 4 N–H and O–H groups in total. The smallest absolute Gasteiger partial charge is 0.376 e. The molecule has 1 aliphatic heterocycles. The molecule has 2 aromatic rings. The highest BCUT2D eigenvalue weighted by molar-refractivity contribution is 5.84. The van der Waals surface area contributed by atoms with Gasteiger partial charge in [-0.2, -0.15) is 0 Å². The van der Waals surface area contributed by atoms with Crippen molar-refractivity contribution in [3.63, 3.8) is 0 Å². The van der Waals surface area contributed by atoms with E-state index in [0.717, 1.165) is 30.2 Å². The summed E-state index contributed by atoms with van der Waals surface area (Å²) in [4.78, 5) is 23.2. The van der Waals surface area contributed by atoms with Gasteiger partial charge in [-0.15, -0.1) is 0 Å². The first-order chi connectivity index (χ1) is 13.8. The van der Waals surface area contributed by atoms with Crippen molar-refractivity contribution in [2.45, 2.75) is 20.4 Å². The molecule has 0 saturated carbocycles. The van der Waals surface area contributed by atoms with Gasteiger partial charge in [-0.1, -0.05) is 12.1 Å². The van der Waals surface area contributed by atoms with E-state index in [-0.39, 0.29) is 18.4 Å². The number of carbonyl (C=O) groups excluding carboxylic acids is 1. The Balaban J connectivity index is 1.68. The highest BCUT2D eigenvalue weighted by Crippen LogP contribution is 2.26. The van der Waals surface area contributed by atoms with Crippen LogP contribution in [0.25, 0.3) is 0 Å². The predicted octanol–water partition coefficient (Wildman–Crippen LogP) is 2.07. The molecule has 0 radical (unpaired) electrons. The Morgan fingerprint density at radius 1 is 1.14 bits per heavy atom. The van der Waals surface area contributed by atoms with Gasteiger partial charge in [0.15, 0.2) is 5.82 Å².